The highest BCUT2D eigenvalue weighted by molar-refractivity contribution is 7.98. The second-order valence-electron chi connectivity index (χ2n) is 3.59. The van der Waals surface area contributed by atoms with Crippen LogP contribution in [0.3, 0.4) is 0 Å². The van der Waals surface area contributed by atoms with Crippen molar-refractivity contribution >= 4 is 9.84 Å². The average Bonchev–Trinajstić information content (AvgIpc) is 2.47. The largest absolute Gasteiger partial charge is 0.219 e. The van der Waals surface area contributed by atoms with Crippen molar-refractivity contribution in [3.05, 3.63) is 57.9 Å². The van der Waals surface area contributed by atoms with E-state index in [-0.39, 0.29) is 0 Å². The molecule has 15 heavy (non-hydrogen) atoms. The summed E-state index contributed by atoms with van der Waals surface area (Å²) < 4.78 is 22.8. The third kappa shape index (κ3) is 2.02. The Labute approximate surface area is 89.9 Å². The fraction of sp³-hybridized carbons (Fsp3) is 0.167. The molecule has 1 aliphatic rings. The van der Waals surface area contributed by atoms with Gasteiger partial charge in [-0.1, -0.05) is 30.3 Å². The van der Waals surface area contributed by atoms with Crippen LogP contribution in [0.15, 0.2) is 52.3 Å². The molecule has 78 valence electrons. The minimum Gasteiger partial charge on any atom is -0.219 e. The van der Waals surface area contributed by atoms with Gasteiger partial charge in [0.15, 0.2) is 9.84 Å². The Morgan fingerprint density at radius 1 is 1.13 bits per heavy atom. The lowest BCUT2D eigenvalue weighted by Crippen LogP contribution is -1.95. The summed E-state index contributed by atoms with van der Waals surface area (Å²) in [6.45, 7) is 1.66. The standard InChI is InChI=1S/C12H12O2S/c1-10-12(7-8-15(10,13)14)9-11-5-3-2-4-6-11/h2-8H,9H2,1H3. The van der Waals surface area contributed by atoms with Crippen molar-refractivity contribution in [1.29, 1.82) is 0 Å². The number of hydrogen-bond acceptors (Lipinski definition) is 2. The van der Waals surface area contributed by atoms with Gasteiger partial charge < -0.3 is 0 Å². The van der Waals surface area contributed by atoms with Crippen molar-refractivity contribution in [3.8, 4) is 0 Å². The third-order valence-electron chi connectivity index (χ3n) is 2.56. The maximum absolute atomic E-state index is 11.4. The minimum absolute atomic E-state index is 0.478. The van der Waals surface area contributed by atoms with Crippen LogP contribution in [0.1, 0.15) is 12.5 Å². The second-order valence-corrected chi connectivity index (χ2v) is 5.57. The van der Waals surface area contributed by atoms with E-state index in [4.69, 9.17) is 0 Å². The van der Waals surface area contributed by atoms with Crippen LogP contribution in [0.25, 0.3) is 0 Å². The molecule has 1 aromatic carbocycles. The molecular formula is C12H12O2S. The van der Waals surface area contributed by atoms with E-state index in [0.29, 0.717) is 11.3 Å². The lowest BCUT2D eigenvalue weighted by atomic mass is 10.1. The molecule has 2 nitrogen and oxygen atoms in total. The first-order valence-corrected chi connectivity index (χ1v) is 6.31. The molecule has 0 aliphatic carbocycles. The van der Waals surface area contributed by atoms with Crippen LogP contribution in [-0.2, 0) is 16.3 Å². The van der Waals surface area contributed by atoms with Crippen LogP contribution in [0.4, 0.5) is 0 Å². The monoisotopic (exact) mass is 220 g/mol. The highest BCUT2D eigenvalue weighted by Crippen LogP contribution is 2.25. The number of rotatable bonds is 2. The van der Waals surface area contributed by atoms with Crippen LogP contribution in [0.2, 0.25) is 0 Å². The number of benzene rings is 1. The lowest BCUT2D eigenvalue weighted by molar-refractivity contribution is 0.610. The van der Waals surface area contributed by atoms with E-state index in [1.807, 2.05) is 30.3 Å². The van der Waals surface area contributed by atoms with Gasteiger partial charge >= 0.3 is 0 Å². The van der Waals surface area contributed by atoms with Crippen molar-refractivity contribution in [2.24, 2.45) is 0 Å². The zero-order chi connectivity index (χ0) is 10.9. The fourth-order valence-corrected chi connectivity index (χ4v) is 2.63. The molecule has 0 saturated carbocycles. The molecule has 0 aromatic heterocycles. The third-order valence-corrected chi connectivity index (χ3v) is 4.17. The molecule has 0 N–H and O–H groups in total. The van der Waals surface area contributed by atoms with Crippen LogP contribution >= 0.6 is 0 Å². The van der Waals surface area contributed by atoms with E-state index in [1.165, 1.54) is 5.41 Å². The van der Waals surface area contributed by atoms with Gasteiger partial charge in [-0.25, -0.2) is 8.42 Å². The van der Waals surface area contributed by atoms with Crippen molar-refractivity contribution in [2.45, 2.75) is 13.3 Å². The van der Waals surface area contributed by atoms with Crippen molar-refractivity contribution in [3.63, 3.8) is 0 Å². The summed E-state index contributed by atoms with van der Waals surface area (Å²) in [4.78, 5) is 0.478. The smallest absolute Gasteiger partial charge is 0.196 e. The van der Waals surface area contributed by atoms with Crippen molar-refractivity contribution < 1.29 is 8.42 Å². The van der Waals surface area contributed by atoms with Gasteiger partial charge in [0.1, 0.15) is 0 Å². The molecule has 3 heteroatoms. The zero-order valence-corrected chi connectivity index (χ0v) is 9.29. The first-order valence-electron chi connectivity index (χ1n) is 4.76. The number of sulfone groups is 1. The zero-order valence-electron chi connectivity index (χ0n) is 8.47. The molecule has 0 spiro atoms. The molecule has 0 bridgehead atoms. The summed E-state index contributed by atoms with van der Waals surface area (Å²) in [5.74, 6) is 0. The topological polar surface area (TPSA) is 34.1 Å². The SMILES string of the molecule is CC1=C(Cc2ccccc2)C=CS1(=O)=O. The molecular weight excluding hydrogens is 208 g/mol. The second kappa shape index (κ2) is 3.66. The summed E-state index contributed by atoms with van der Waals surface area (Å²) in [5.41, 5.74) is 2.02. The van der Waals surface area contributed by atoms with E-state index in [1.54, 1.807) is 13.0 Å². The van der Waals surface area contributed by atoms with E-state index < -0.39 is 9.84 Å². The molecule has 0 fully saturated rings. The molecule has 2 rings (SSSR count). The van der Waals surface area contributed by atoms with Gasteiger partial charge in [0.25, 0.3) is 0 Å². The summed E-state index contributed by atoms with van der Waals surface area (Å²) in [5, 5.41) is 1.28. The summed E-state index contributed by atoms with van der Waals surface area (Å²) in [6.07, 6.45) is 2.38. The Morgan fingerprint density at radius 2 is 1.80 bits per heavy atom. The Kier molecular flexibility index (Phi) is 2.49. The number of allylic oxidation sites excluding steroid dienone is 3. The van der Waals surface area contributed by atoms with Gasteiger partial charge in [-0.05, 0) is 30.6 Å². The van der Waals surface area contributed by atoms with E-state index in [0.717, 1.165) is 11.1 Å². The summed E-state index contributed by atoms with van der Waals surface area (Å²) in [7, 11) is -3.10. The fourth-order valence-electron chi connectivity index (χ4n) is 1.57. The van der Waals surface area contributed by atoms with Gasteiger partial charge in [0, 0.05) is 10.3 Å². The molecule has 1 aromatic rings. The highest BCUT2D eigenvalue weighted by Gasteiger charge is 2.19. The van der Waals surface area contributed by atoms with E-state index in [2.05, 4.69) is 0 Å². The molecule has 0 atom stereocenters. The van der Waals surface area contributed by atoms with Gasteiger partial charge in [0.2, 0.25) is 0 Å². The predicted octanol–water partition coefficient (Wildman–Crippen LogP) is 2.45. The Morgan fingerprint density at radius 3 is 2.33 bits per heavy atom. The van der Waals surface area contributed by atoms with Crippen molar-refractivity contribution in [2.75, 3.05) is 0 Å². The summed E-state index contributed by atoms with van der Waals surface area (Å²) >= 11 is 0. The maximum Gasteiger partial charge on any atom is 0.196 e. The summed E-state index contributed by atoms with van der Waals surface area (Å²) in [6, 6.07) is 9.86. The molecule has 0 amide bonds. The molecule has 0 saturated heterocycles. The van der Waals surface area contributed by atoms with Gasteiger partial charge in [-0.3, -0.25) is 0 Å². The first-order chi connectivity index (χ1) is 7.09. The molecule has 1 heterocycles. The molecule has 0 unspecified atom stereocenters. The van der Waals surface area contributed by atoms with Crippen LogP contribution in [0, 0.1) is 0 Å². The van der Waals surface area contributed by atoms with Gasteiger partial charge in [0.05, 0.1) is 0 Å². The average molecular weight is 220 g/mol. The predicted molar refractivity (Wildman–Crippen MR) is 60.9 cm³/mol. The van der Waals surface area contributed by atoms with Crippen molar-refractivity contribution in [1.82, 2.24) is 0 Å². The quantitative estimate of drug-likeness (QED) is 0.767. The van der Waals surface area contributed by atoms with Crippen LogP contribution < -0.4 is 0 Å². The normalized spacial score (nSPS) is 18.5. The molecule has 0 radical (unpaired) electrons. The number of hydrogen-bond donors (Lipinski definition) is 0. The van der Waals surface area contributed by atoms with Crippen LogP contribution in [-0.4, -0.2) is 8.42 Å². The first kappa shape index (κ1) is 10.2. The Bertz CT molecular complexity index is 522. The Hall–Kier alpha value is -1.35. The van der Waals surface area contributed by atoms with E-state index in [9.17, 15) is 8.42 Å². The van der Waals surface area contributed by atoms with Gasteiger partial charge in [-0.15, -0.1) is 0 Å². The molecule has 1 aliphatic heterocycles. The minimum atomic E-state index is -3.10. The van der Waals surface area contributed by atoms with Crippen LogP contribution in [0.5, 0.6) is 0 Å². The van der Waals surface area contributed by atoms with E-state index >= 15 is 0 Å². The highest BCUT2D eigenvalue weighted by atomic mass is 32.2. The maximum atomic E-state index is 11.4. The Balaban J connectivity index is 2.30. The lowest BCUT2D eigenvalue weighted by Gasteiger charge is -2.01. The van der Waals surface area contributed by atoms with Gasteiger partial charge in [-0.2, -0.15) is 0 Å².